The first-order valence-corrected chi connectivity index (χ1v) is 10.3. The molecule has 1 aliphatic heterocycles. The van der Waals surface area contributed by atoms with E-state index in [1.54, 1.807) is 32.0 Å². The summed E-state index contributed by atoms with van der Waals surface area (Å²) >= 11 is 6.69. The van der Waals surface area contributed by atoms with Crippen molar-refractivity contribution in [3.8, 4) is 5.75 Å². The highest BCUT2D eigenvalue weighted by Gasteiger charge is 2.27. The van der Waals surface area contributed by atoms with Crippen LogP contribution in [0.4, 0.5) is 5.69 Å². The molecule has 10 heteroatoms. The molecule has 0 unspecified atom stereocenters. The van der Waals surface area contributed by atoms with Gasteiger partial charge in [-0.25, -0.2) is 9.79 Å². The molecule has 0 radical (unpaired) electrons. The Bertz CT molecular complexity index is 1120. The third-order valence-electron chi connectivity index (χ3n) is 4.18. The smallest absolute Gasteiger partial charge is 0.363 e. The molecule has 2 aromatic rings. The number of hydrogen-bond donors (Lipinski definition) is 0. The van der Waals surface area contributed by atoms with E-state index >= 15 is 0 Å². The summed E-state index contributed by atoms with van der Waals surface area (Å²) in [6, 6.07) is 7.80. The molecular weight excluding hydrogens is 524 g/mol. The molecular formula is C20H14Br2N2O6. The van der Waals surface area contributed by atoms with Gasteiger partial charge in [0.1, 0.15) is 0 Å². The van der Waals surface area contributed by atoms with Gasteiger partial charge in [-0.05, 0) is 68.6 Å². The molecule has 0 spiro atoms. The summed E-state index contributed by atoms with van der Waals surface area (Å²) in [7, 11) is 0. The lowest BCUT2D eigenvalue weighted by Crippen LogP contribution is -2.08. The van der Waals surface area contributed by atoms with E-state index in [0.717, 1.165) is 0 Å². The minimum absolute atomic E-state index is 0.000854. The first-order chi connectivity index (χ1) is 14.2. The maximum atomic E-state index is 12.3. The molecule has 1 aliphatic rings. The van der Waals surface area contributed by atoms with Crippen LogP contribution in [0.2, 0.25) is 0 Å². The number of hydrogen-bond acceptors (Lipinski definition) is 7. The summed E-state index contributed by atoms with van der Waals surface area (Å²) in [4.78, 5) is 38.7. The van der Waals surface area contributed by atoms with Gasteiger partial charge in [-0.1, -0.05) is 13.0 Å². The van der Waals surface area contributed by atoms with Crippen molar-refractivity contribution in [3.63, 3.8) is 0 Å². The van der Waals surface area contributed by atoms with Crippen molar-refractivity contribution in [1.82, 2.24) is 0 Å². The van der Waals surface area contributed by atoms with E-state index in [0.29, 0.717) is 31.4 Å². The van der Waals surface area contributed by atoms with Gasteiger partial charge in [0.15, 0.2) is 11.4 Å². The number of nitro groups is 1. The number of nitro benzene ring substituents is 1. The largest absolute Gasteiger partial charge is 0.424 e. The number of carbonyl (C=O) groups is 2. The average Bonchev–Trinajstić information content (AvgIpc) is 3.04. The highest BCUT2D eigenvalue weighted by atomic mass is 79.9. The van der Waals surface area contributed by atoms with E-state index in [2.05, 4.69) is 36.9 Å². The number of carbonyl (C=O) groups excluding carboxylic acids is 2. The monoisotopic (exact) mass is 536 g/mol. The van der Waals surface area contributed by atoms with Crippen molar-refractivity contribution in [2.45, 2.75) is 20.3 Å². The molecule has 1 heterocycles. The summed E-state index contributed by atoms with van der Waals surface area (Å²) in [5.74, 6) is -0.735. The molecule has 0 N–H and O–H groups in total. The fraction of sp³-hybridized carbons (Fsp3) is 0.150. The van der Waals surface area contributed by atoms with Crippen LogP contribution in [-0.2, 0) is 14.3 Å². The highest BCUT2D eigenvalue weighted by Crippen LogP contribution is 2.36. The van der Waals surface area contributed by atoms with Gasteiger partial charge in [-0.2, -0.15) is 0 Å². The van der Waals surface area contributed by atoms with E-state index in [1.165, 1.54) is 18.2 Å². The van der Waals surface area contributed by atoms with Gasteiger partial charge in [-0.15, -0.1) is 0 Å². The van der Waals surface area contributed by atoms with Crippen molar-refractivity contribution in [3.05, 3.63) is 71.8 Å². The van der Waals surface area contributed by atoms with Crippen molar-refractivity contribution < 1.29 is 24.0 Å². The van der Waals surface area contributed by atoms with E-state index in [1.807, 2.05) is 0 Å². The van der Waals surface area contributed by atoms with E-state index in [4.69, 9.17) is 9.47 Å². The Morgan fingerprint density at radius 3 is 2.57 bits per heavy atom. The minimum atomic E-state index is -0.676. The second-order valence-corrected chi connectivity index (χ2v) is 7.89. The fourth-order valence-electron chi connectivity index (χ4n) is 2.68. The number of ether oxygens (including phenoxy) is 2. The van der Waals surface area contributed by atoms with Crippen LogP contribution in [0, 0.1) is 17.0 Å². The molecule has 0 atom stereocenters. The maximum absolute atomic E-state index is 12.3. The average molecular weight is 538 g/mol. The van der Waals surface area contributed by atoms with Crippen LogP contribution in [0.15, 0.2) is 50.0 Å². The maximum Gasteiger partial charge on any atom is 0.363 e. The Morgan fingerprint density at radius 1 is 1.30 bits per heavy atom. The number of rotatable bonds is 5. The minimum Gasteiger partial charge on any atom is -0.424 e. The number of esters is 2. The molecule has 0 saturated carbocycles. The third kappa shape index (κ3) is 4.49. The zero-order valence-electron chi connectivity index (χ0n) is 15.8. The molecule has 0 saturated heterocycles. The van der Waals surface area contributed by atoms with Gasteiger partial charge in [-0.3, -0.25) is 14.9 Å². The molecule has 0 aromatic heterocycles. The summed E-state index contributed by atoms with van der Waals surface area (Å²) in [5.41, 5.74) is 1.26. The normalized spacial score (nSPS) is 14.5. The molecule has 154 valence electrons. The van der Waals surface area contributed by atoms with Gasteiger partial charge in [0, 0.05) is 23.6 Å². The predicted molar refractivity (Wildman–Crippen MR) is 116 cm³/mol. The van der Waals surface area contributed by atoms with Gasteiger partial charge in [0.2, 0.25) is 5.90 Å². The zero-order valence-corrected chi connectivity index (χ0v) is 18.9. The second-order valence-electron chi connectivity index (χ2n) is 6.18. The van der Waals surface area contributed by atoms with Gasteiger partial charge in [0.25, 0.3) is 5.69 Å². The Labute approximate surface area is 188 Å². The van der Waals surface area contributed by atoms with E-state index in [9.17, 15) is 19.7 Å². The van der Waals surface area contributed by atoms with Gasteiger partial charge in [0.05, 0.1) is 13.9 Å². The summed E-state index contributed by atoms with van der Waals surface area (Å²) in [6.07, 6.45) is 1.73. The number of cyclic esters (lactones) is 1. The Kier molecular flexibility index (Phi) is 6.47. The highest BCUT2D eigenvalue weighted by molar-refractivity contribution is 9.11. The fourth-order valence-corrected chi connectivity index (χ4v) is 4.07. The lowest BCUT2D eigenvalue weighted by molar-refractivity contribution is -0.385. The van der Waals surface area contributed by atoms with Crippen molar-refractivity contribution >= 4 is 61.5 Å². The van der Waals surface area contributed by atoms with Crippen molar-refractivity contribution in [2.24, 2.45) is 4.99 Å². The first kappa shape index (κ1) is 21.8. The van der Waals surface area contributed by atoms with Crippen molar-refractivity contribution in [1.29, 1.82) is 0 Å². The van der Waals surface area contributed by atoms with Crippen LogP contribution < -0.4 is 4.74 Å². The molecule has 0 bridgehead atoms. The predicted octanol–water partition coefficient (Wildman–Crippen LogP) is 5.09. The van der Waals surface area contributed by atoms with Crippen LogP contribution in [0.3, 0.4) is 0 Å². The summed E-state index contributed by atoms with van der Waals surface area (Å²) in [5, 5.41) is 11.1. The summed E-state index contributed by atoms with van der Waals surface area (Å²) in [6.45, 7) is 3.25. The SMILES string of the molecule is CCC(=O)Oc1c(Br)cc(/C=C2\N=C(c3cccc([N+](=O)[O-])c3C)OC2=O)cc1Br. The lowest BCUT2D eigenvalue weighted by atomic mass is 10.1. The molecule has 0 aliphatic carbocycles. The third-order valence-corrected chi connectivity index (χ3v) is 5.36. The molecule has 2 aromatic carbocycles. The summed E-state index contributed by atoms with van der Waals surface area (Å²) < 4.78 is 11.5. The number of nitrogens with zero attached hydrogens (tertiary/aromatic N) is 2. The van der Waals surface area contributed by atoms with E-state index in [-0.39, 0.29) is 29.7 Å². The molecule has 3 rings (SSSR count). The lowest BCUT2D eigenvalue weighted by Gasteiger charge is -2.09. The topological polar surface area (TPSA) is 108 Å². The first-order valence-electron chi connectivity index (χ1n) is 8.68. The van der Waals surface area contributed by atoms with Crippen LogP contribution >= 0.6 is 31.9 Å². The molecule has 30 heavy (non-hydrogen) atoms. The Morgan fingerprint density at radius 2 is 1.97 bits per heavy atom. The molecule has 0 amide bonds. The quantitative estimate of drug-likeness (QED) is 0.173. The van der Waals surface area contributed by atoms with Crippen LogP contribution in [0.1, 0.15) is 30.0 Å². The zero-order chi connectivity index (χ0) is 22.0. The van der Waals surface area contributed by atoms with E-state index < -0.39 is 10.9 Å². The van der Waals surface area contributed by atoms with Crippen molar-refractivity contribution in [2.75, 3.05) is 0 Å². The number of benzene rings is 2. The molecule has 0 fully saturated rings. The van der Waals surface area contributed by atoms with Gasteiger partial charge >= 0.3 is 11.9 Å². The van der Waals surface area contributed by atoms with Crippen LogP contribution in [0.5, 0.6) is 5.75 Å². The van der Waals surface area contributed by atoms with Crippen LogP contribution in [0.25, 0.3) is 6.08 Å². The number of aliphatic imine (C=N–C) groups is 1. The molecule has 8 nitrogen and oxygen atoms in total. The number of halogens is 2. The Hall–Kier alpha value is -2.85. The Balaban J connectivity index is 1.96. The van der Waals surface area contributed by atoms with Gasteiger partial charge < -0.3 is 9.47 Å². The van der Waals surface area contributed by atoms with Crippen LogP contribution in [-0.4, -0.2) is 22.8 Å². The second kappa shape index (κ2) is 8.88. The standard InChI is InChI=1S/C20H14Br2N2O6/c1-3-17(25)29-18-13(21)7-11(8-14(18)22)9-15-20(26)30-19(23-15)12-5-4-6-16(10(12)2)24(27)28/h4-9H,3H2,1-2H3/b15-9-.